The number of aliphatic hydroxyl groups excluding tert-OH is 1. The number of hydrogen-bond acceptors (Lipinski definition) is 6. The third kappa shape index (κ3) is 3.51. The molecule has 1 aliphatic heterocycles. The predicted molar refractivity (Wildman–Crippen MR) is 87.9 cm³/mol. The minimum absolute atomic E-state index is 0.234. The van der Waals surface area contributed by atoms with E-state index in [1.165, 1.54) is 0 Å². The van der Waals surface area contributed by atoms with Crippen LogP contribution in [0.15, 0.2) is 24.8 Å². The van der Waals surface area contributed by atoms with Crippen molar-refractivity contribution >= 4 is 5.82 Å². The van der Waals surface area contributed by atoms with E-state index in [4.69, 9.17) is 5.73 Å². The quantitative estimate of drug-likeness (QED) is 0.842. The van der Waals surface area contributed by atoms with Gasteiger partial charge in [0.05, 0.1) is 0 Å². The van der Waals surface area contributed by atoms with Crippen LogP contribution >= 0.6 is 0 Å². The lowest BCUT2D eigenvalue weighted by Crippen LogP contribution is -2.36. The van der Waals surface area contributed by atoms with E-state index in [1.807, 2.05) is 23.9 Å². The SMILES string of the molecule is Cn1ccnc1C(O)C1CCN(c2cc(CCN)ncn2)CC1. The van der Waals surface area contributed by atoms with Gasteiger partial charge < -0.3 is 20.3 Å². The van der Waals surface area contributed by atoms with Crippen molar-refractivity contribution in [1.82, 2.24) is 19.5 Å². The van der Waals surface area contributed by atoms with Gasteiger partial charge in [0.25, 0.3) is 0 Å². The first-order chi connectivity index (χ1) is 11.2. The van der Waals surface area contributed by atoms with E-state index in [0.29, 0.717) is 6.54 Å². The largest absolute Gasteiger partial charge is 0.385 e. The van der Waals surface area contributed by atoms with Gasteiger partial charge in [0.2, 0.25) is 0 Å². The molecular formula is C16H24N6O. The third-order valence-electron chi connectivity index (χ3n) is 4.54. The highest BCUT2D eigenvalue weighted by Crippen LogP contribution is 2.31. The zero-order valence-corrected chi connectivity index (χ0v) is 13.5. The summed E-state index contributed by atoms with van der Waals surface area (Å²) in [6.45, 7) is 2.35. The van der Waals surface area contributed by atoms with Crippen LogP contribution in [-0.2, 0) is 13.5 Å². The molecule has 1 fully saturated rings. The molecule has 7 nitrogen and oxygen atoms in total. The molecule has 0 aromatic carbocycles. The average molecular weight is 316 g/mol. The number of hydrogen-bond donors (Lipinski definition) is 2. The Morgan fingerprint density at radius 2 is 2.09 bits per heavy atom. The van der Waals surface area contributed by atoms with E-state index in [-0.39, 0.29) is 5.92 Å². The molecule has 1 atom stereocenters. The standard InChI is InChI=1S/C16H24N6O/c1-21-9-6-18-16(21)15(23)12-3-7-22(8-4-12)14-10-13(2-5-17)19-11-20-14/h6,9-12,15,23H,2-5,7-8,17H2,1H3. The first-order valence-electron chi connectivity index (χ1n) is 8.10. The number of nitrogens with two attached hydrogens (primary N) is 1. The highest BCUT2D eigenvalue weighted by Gasteiger charge is 2.28. The van der Waals surface area contributed by atoms with Crippen LogP contribution < -0.4 is 10.6 Å². The number of imidazole rings is 1. The fourth-order valence-electron chi connectivity index (χ4n) is 3.16. The van der Waals surface area contributed by atoms with Crippen molar-refractivity contribution in [1.29, 1.82) is 0 Å². The fourth-order valence-corrected chi connectivity index (χ4v) is 3.16. The molecule has 7 heteroatoms. The molecule has 3 rings (SSSR count). The number of aromatic nitrogens is 4. The van der Waals surface area contributed by atoms with Crippen LogP contribution in [0.25, 0.3) is 0 Å². The van der Waals surface area contributed by atoms with E-state index >= 15 is 0 Å². The highest BCUT2D eigenvalue weighted by molar-refractivity contribution is 5.39. The van der Waals surface area contributed by atoms with Gasteiger partial charge in [-0.15, -0.1) is 0 Å². The van der Waals surface area contributed by atoms with Crippen LogP contribution in [0, 0.1) is 5.92 Å². The second kappa shape index (κ2) is 7.06. The number of rotatable bonds is 5. The van der Waals surface area contributed by atoms with Crippen molar-refractivity contribution < 1.29 is 5.11 Å². The summed E-state index contributed by atoms with van der Waals surface area (Å²) in [7, 11) is 1.92. The van der Waals surface area contributed by atoms with Crippen molar-refractivity contribution in [2.75, 3.05) is 24.5 Å². The Hall–Kier alpha value is -1.99. The molecular weight excluding hydrogens is 292 g/mol. The summed E-state index contributed by atoms with van der Waals surface area (Å²) >= 11 is 0. The highest BCUT2D eigenvalue weighted by atomic mass is 16.3. The van der Waals surface area contributed by atoms with Gasteiger partial charge in [-0.3, -0.25) is 0 Å². The fraction of sp³-hybridized carbons (Fsp3) is 0.562. The molecule has 0 spiro atoms. The summed E-state index contributed by atoms with van der Waals surface area (Å²) in [6.07, 6.45) is 7.31. The van der Waals surface area contributed by atoms with Crippen LogP contribution in [0.5, 0.6) is 0 Å². The Morgan fingerprint density at radius 1 is 1.30 bits per heavy atom. The molecule has 23 heavy (non-hydrogen) atoms. The first kappa shape index (κ1) is 15.9. The Kier molecular flexibility index (Phi) is 4.88. The van der Waals surface area contributed by atoms with Crippen molar-refractivity contribution in [2.24, 2.45) is 18.7 Å². The Morgan fingerprint density at radius 3 is 2.74 bits per heavy atom. The van der Waals surface area contributed by atoms with Crippen molar-refractivity contribution in [2.45, 2.75) is 25.4 Å². The molecule has 3 heterocycles. The number of aryl methyl sites for hydroxylation is 1. The van der Waals surface area contributed by atoms with E-state index in [1.54, 1.807) is 12.5 Å². The zero-order chi connectivity index (χ0) is 16.2. The normalized spacial score (nSPS) is 17.4. The second-order valence-electron chi connectivity index (χ2n) is 6.07. The minimum Gasteiger partial charge on any atom is -0.385 e. The van der Waals surface area contributed by atoms with Crippen molar-refractivity contribution in [3.8, 4) is 0 Å². The molecule has 0 aliphatic carbocycles. The van der Waals surface area contributed by atoms with Gasteiger partial charge in [0.15, 0.2) is 0 Å². The Bertz CT molecular complexity index is 635. The first-order valence-corrected chi connectivity index (χ1v) is 8.10. The average Bonchev–Trinajstić information content (AvgIpc) is 3.01. The van der Waals surface area contributed by atoms with E-state index < -0.39 is 6.10 Å². The summed E-state index contributed by atoms with van der Waals surface area (Å²) in [6, 6.07) is 2.02. The second-order valence-corrected chi connectivity index (χ2v) is 6.07. The van der Waals surface area contributed by atoms with Crippen molar-refractivity contribution in [3.63, 3.8) is 0 Å². The maximum Gasteiger partial charge on any atom is 0.137 e. The molecule has 1 aliphatic rings. The lowest BCUT2D eigenvalue weighted by Gasteiger charge is -2.34. The molecule has 0 bridgehead atoms. The Labute approximate surface area is 136 Å². The van der Waals surface area contributed by atoms with Gasteiger partial charge >= 0.3 is 0 Å². The van der Waals surface area contributed by atoms with Crippen LogP contribution in [0.4, 0.5) is 5.82 Å². The van der Waals surface area contributed by atoms with Gasteiger partial charge in [0.1, 0.15) is 24.1 Å². The molecule has 2 aromatic heterocycles. The van der Waals surface area contributed by atoms with E-state index in [2.05, 4.69) is 19.9 Å². The summed E-state index contributed by atoms with van der Waals surface area (Å²) in [5, 5.41) is 10.5. The monoisotopic (exact) mass is 316 g/mol. The van der Waals surface area contributed by atoms with Crippen molar-refractivity contribution in [3.05, 3.63) is 36.3 Å². The van der Waals surface area contributed by atoms with Crippen LogP contribution in [0.2, 0.25) is 0 Å². The molecule has 1 saturated heterocycles. The van der Waals surface area contributed by atoms with Gasteiger partial charge in [-0.1, -0.05) is 0 Å². The number of nitrogens with zero attached hydrogens (tertiary/aromatic N) is 5. The van der Waals surface area contributed by atoms with Crippen LogP contribution in [-0.4, -0.2) is 44.3 Å². The molecule has 3 N–H and O–H groups in total. The molecule has 1 unspecified atom stereocenters. The lowest BCUT2D eigenvalue weighted by atomic mass is 9.90. The molecule has 0 saturated carbocycles. The van der Waals surface area contributed by atoms with Crippen LogP contribution in [0.1, 0.15) is 30.5 Å². The zero-order valence-electron chi connectivity index (χ0n) is 13.5. The van der Waals surface area contributed by atoms with E-state index in [9.17, 15) is 5.11 Å². The predicted octanol–water partition coefficient (Wildman–Crippen LogP) is 0.661. The van der Waals surface area contributed by atoms with Gasteiger partial charge in [-0.2, -0.15) is 0 Å². The number of aliphatic hydroxyl groups is 1. The maximum atomic E-state index is 10.5. The number of anilines is 1. The van der Waals surface area contributed by atoms with Crippen LogP contribution in [0.3, 0.4) is 0 Å². The Balaban J connectivity index is 1.62. The summed E-state index contributed by atoms with van der Waals surface area (Å²) in [5.74, 6) is 1.93. The topological polar surface area (TPSA) is 93.1 Å². The smallest absolute Gasteiger partial charge is 0.137 e. The summed E-state index contributed by atoms with van der Waals surface area (Å²) < 4.78 is 1.89. The van der Waals surface area contributed by atoms with Gasteiger partial charge in [-0.25, -0.2) is 15.0 Å². The summed E-state index contributed by atoms with van der Waals surface area (Å²) in [5.41, 5.74) is 6.57. The van der Waals surface area contributed by atoms with E-state index in [0.717, 1.165) is 49.7 Å². The summed E-state index contributed by atoms with van der Waals surface area (Å²) in [4.78, 5) is 15.1. The molecule has 124 valence electrons. The van der Waals surface area contributed by atoms with Gasteiger partial charge in [0, 0.05) is 50.7 Å². The molecule has 0 radical (unpaired) electrons. The van der Waals surface area contributed by atoms with Gasteiger partial charge in [-0.05, 0) is 25.3 Å². The lowest BCUT2D eigenvalue weighted by molar-refractivity contribution is 0.0824. The molecule has 0 amide bonds. The third-order valence-corrected chi connectivity index (χ3v) is 4.54. The minimum atomic E-state index is -0.504. The molecule has 2 aromatic rings. The number of piperidine rings is 1. The maximum absolute atomic E-state index is 10.5.